The van der Waals surface area contributed by atoms with Crippen molar-refractivity contribution in [2.45, 2.75) is 12.5 Å². The van der Waals surface area contributed by atoms with Gasteiger partial charge in [0, 0.05) is 11.3 Å². The number of halogens is 1. The van der Waals surface area contributed by atoms with Gasteiger partial charge in [-0.3, -0.25) is 0 Å². The maximum absolute atomic E-state index is 10.2. The third kappa shape index (κ3) is 2.19. The van der Waals surface area contributed by atoms with Crippen molar-refractivity contribution in [3.63, 3.8) is 0 Å². The molecule has 2 aromatic rings. The van der Waals surface area contributed by atoms with Gasteiger partial charge in [0.15, 0.2) is 11.5 Å². The molecule has 0 amide bonds. The van der Waals surface area contributed by atoms with Crippen molar-refractivity contribution in [1.29, 1.82) is 0 Å². The van der Waals surface area contributed by atoms with Crippen molar-refractivity contribution in [2.75, 3.05) is 6.79 Å². The molecule has 1 unspecified atom stereocenters. The first-order valence-electron chi connectivity index (χ1n) is 5.53. The number of hydrogen-bond donors (Lipinski definition) is 1. The van der Waals surface area contributed by atoms with E-state index in [0.717, 1.165) is 10.4 Å². The quantitative estimate of drug-likeness (QED) is 0.938. The van der Waals surface area contributed by atoms with Gasteiger partial charge in [0.1, 0.15) is 0 Å². The van der Waals surface area contributed by atoms with Crippen molar-refractivity contribution in [1.82, 2.24) is 0 Å². The molecule has 1 aromatic heterocycles. The van der Waals surface area contributed by atoms with Gasteiger partial charge in [0.05, 0.1) is 11.1 Å². The van der Waals surface area contributed by atoms with Crippen molar-refractivity contribution in [2.24, 2.45) is 0 Å². The summed E-state index contributed by atoms with van der Waals surface area (Å²) in [6.07, 6.45) is -0.0103. The molecule has 1 aliphatic rings. The number of thiophene rings is 1. The van der Waals surface area contributed by atoms with Crippen molar-refractivity contribution >= 4 is 22.9 Å². The van der Waals surface area contributed by atoms with E-state index in [1.54, 1.807) is 23.5 Å². The first-order chi connectivity index (χ1) is 8.74. The summed E-state index contributed by atoms with van der Waals surface area (Å²) in [5.41, 5.74) is 0.748. The number of hydrogen-bond acceptors (Lipinski definition) is 4. The molecule has 0 aliphatic carbocycles. The van der Waals surface area contributed by atoms with Crippen LogP contribution in [0.3, 0.4) is 0 Å². The third-order valence-electron chi connectivity index (χ3n) is 2.81. The fourth-order valence-corrected chi connectivity index (χ4v) is 2.93. The van der Waals surface area contributed by atoms with Crippen LogP contribution in [0.1, 0.15) is 16.5 Å². The number of ether oxygens (including phenoxy) is 2. The van der Waals surface area contributed by atoms with Gasteiger partial charge in [-0.05, 0) is 29.1 Å². The van der Waals surface area contributed by atoms with Crippen LogP contribution in [0.25, 0.3) is 0 Å². The molecule has 94 valence electrons. The Hall–Kier alpha value is -1.23. The summed E-state index contributed by atoms with van der Waals surface area (Å²) in [6.45, 7) is 0.180. The van der Waals surface area contributed by atoms with Gasteiger partial charge >= 0.3 is 0 Å². The summed E-state index contributed by atoms with van der Waals surface area (Å²) >= 11 is 7.71. The minimum atomic E-state index is -0.587. The lowest BCUT2D eigenvalue weighted by Crippen LogP contribution is -2.00. The number of aliphatic hydroxyl groups excluding tert-OH is 1. The van der Waals surface area contributed by atoms with E-state index in [9.17, 15) is 5.11 Å². The fourth-order valence-electron chi connectivity index (χ4n) is 1.92. The van der Waals surface area contributed by atoms with Gasteiger partial charge in [-0.2, -0.15) is 0 Å². The van der Waals surface area contributed by atoms with Crippen LogP contribution in [0.4, 0.5) is 0 Å². The second-order valence-corrected chi connectivity index (χ2v) is 5.48. The number of aliphatic hydroxyl groups is 1. The zero-order valence-electron chi connectivity index (χ0n) is 9.43. The van der Waals surface area contributed by atoms with Gasteiger partial charge in [-0.15, -0.1) is 11.3 Å². The topological polar surface area (TPSA) is 38.7 Å². The zero-order chi connectivity index (χ0) is 12.5. The molecule has 0 radical (unpaired) electrons. The molecule has 0 bridgehead atoms. The second-order valence-electron chi connectivity index (χ2n) is 4.04. The highest BCUT2D eigenvalue weighted by Crippen LogP contribution is 2.41. The number of fused-ring (bicyclic) bond motifs is 1. The van der Waals surface area contributed by atoms with Crippen LogP contribution in [0, 0.1) is 0 Å². The summed E-state index contributed by atoms with van der Waals surface area (Å²) in [7, 11) is 0. The first kappa shape index (κ1) is 11.8. The largest absolute Gasteiger partial charge is 0.454 e. The lowest BCUT2D eigenvalue weighted by molar-refractivity contribution is 0.171. The molecule has 3 rings (SSSR count). The molecular formula is C13H11ClO3S. The predicted molar refractivity (Wildman–Crippen MR) is 70.6 cm³/mol. The summed E-state index contributed by atoms with van der Waals surface area (Å²) in [5.74, 6) is 1.16. The maximum atomic E-state index is 10.2. The molecule has 1 aromatic carbocycles. The van der Waals surface area contributed by atoms with Crippen LogP contribution in [0.2, 0.25) is 5.02 Å². The number of benzene rings is 1. The van der Waals surface area contributed by atoms with Crippen LogP contribution >= 0.6 is 22.9 Å². The Morgan fingerprint density at radius 2 is 2.28 bits per heavy atom. The molecule has 3 nitrogen and oxygen atoms in total. The molecule has 1 aliphatic heterocycles. The van der Waals surface area contributed by atoms with Crippen LogP contribution in [-0.4, -0.2) is 11.9 Å². The lowest BCUT2D eigenvalue weighted by atomic mass is 10.1. The van der Waals surface area contributed by atoms with Crippen LogP contribution in [-0.2, 0) is 6.42 Å². The summed E-state index contributed by atoms with van der Waals surface area (Å²) in [5, 5.41) is 12.7. The molecule has 2 heterocycles. The summed E-state index contributed by atoms with van der Waals surface area (Å²) < 4.78 is 10.5. The highest BCUT2D eigenvalue weighted by atomic mass is 35.5. The molecule has 5 heteroatoms. The van der Waals surface area contributed by atoms with Gasteiger partial charge in [0.25, 0.3) is 0 Å². The Kier molecular flexibility index (Phi) is 3.16. The van der Waals surface area contributed by atoms with Crippen LogP contribution in [0.15, 0.2) is 29.6 Å². The Labute approximate surface area is 114 Å². The Bertz CT molecular complexity index is 554. The molecule has 1 N–H and O–H groups in total. The van der Waals surface area contributed by atoms with Gasteiger partial charge < -0.3 is 14.6 Å². The fraction of sp³-hybridized carbons (Fsp3) is 0.231. The average molecular weight is 283 g/mol. The monoisotopic (exact) mass is 282 g/mol. The highest BCUT2D eigenvalue weighted by Gasteiger charge is 2.21. The predicted octanol–water partition coefficient (Wildman–Crippen LogP) is 3.41. The SMILES string of the molecule is OC(Cc1cccs1)c1cc(Cl)c2c(c1)OCO2. The van der Waals surface area contributed by atoms with Gasteiger partial charge in [-0.1, -0.05) is 17.7 Å². The van der Waals surface area contributed by atoms with E-state index < -0.39 is 6.10 Å². The minimum absolute atomic E-state index is 0.180. The average Bonchev–Trinajstić information content (AvgIpc) is 2.98. The van der Waals surface area contributed by atoms with Gasteiger partial charge in [0.2, 0.25) is 6.79 Å². The van der Waals surface area contributed by atoms with E-state index in [0.29, 0.717) is 22.9 Å². The Morgan fingerprint density at radius 3 is 3.06 bits per heavy atom. The van der Waals surface area contributed by atoms with E-state index in [1.807, 2.05) is 17.5 Å². The smallest absolute Gasteiger partial charge is 0.231 e. The van der Waals surface area contributed by atoms with E-state index >= 15 is 0 Å². The molecule has 0 saturated carbocycles. The molecular weight excluding hydrogens is 272 g/mol. The molecule has 0 fully saturated rings. The first-order valence-corrected chi connectivity index (χ1v) is 6.79. The third-order valence-corrected chi connectivity index (χ3v) is 3.99. The second kappa shape index (κ2) is 4.80. The van der Waals surface area contributed by atoms with Crippen LogP contribution in [0.5, 0.6) is 11.5 Å². The van der Waals surface area contributed by atoms with Crippen molar-refractivity contribution in [3.8, 4) is 11.5 Å². The van der Waals surface area contributed by atoms with Crippen molar-refractivity contribution in [3.05, 3.63) is 45.1 Å². The van der Waals surface area contributed by atoms with Crippen molar-refractivity contribution < 1.29 is 14.6 Å². The standard InChI is InChI=1S/C13H11ClO3S/c14-10-4-8(5-12-13(10)17-7-16-12)11(15)6-9-2-1-3-18-9/h1-5,11,15H,6-7H2. The van der Waals surface area contributed by atoms with E-state index in [-0.39, 0.29) is 6.79 Å². The summed E-state index contributed by atoms with van der Waals surface area (Å²) in [4.78, 5) is 1.14. The van der Waals surface area contributed by atoms with E-state index in [1.165, 1.54) is 0 Å². The number of rotatable bonds is 3. The zero-order valence-corrected chi connectivity index (χ0v) is 11.0. The lowest BCUT2D eigenvalue weighted by Gasteiger charge is -2.11. The normalized spacial score (nSPS) is 14.8. The van der Waals surface area contributed by atoms with E-state index in [2.05, 4.69) is 0 Å². The Morgan fingerprint density at radius 1 is 1.39 bits per heavy atom. The Balaban J connectivity index is 1.86. The van der Waals surface area contributed by atoms with E-state index in [4.69, 9.17) is 21.1 Å². The molecule has 0 saturated heterocycles. The molecule has 1 atom stereocenters. The van der Waals surface area contributed by atoms with Crippen LogP contribution < -0.4 is 9.47 Å². The maximum Gasteiger partial charge on any atom is 0.231 e. The molecule has 0 spiro atoms. The van der Waals surface area contributed by atoms with Gasteiger partial charge in [-0.25, -0.2) is 0 Å². The molecule has 18 heavy (non-hydrogen) atoms. The minimum Gasteiger partial charge on any atom is -0.454 e. The summed E-state index contributed by atoms with van der Waals surface area (Å²) in [6, 6.07) is 7.49. The highest BCUT2D eigenvalue weighted by molar-refractivity contribution is 7.09.